The zero-order chi connectivity index (χ0) is 13.7. The van der Waals surface area contributed by atoms with Crippen LogP contribution in [0.1, 0.15) is 5.56 Å². The van der Waals surface area contributed by atoms with E-state index < -0.39 is 0 Å². The Morgan fingerprint density at radius 1 is 1.37 bits per heavy atom. The molecular formula is C14H16N2O3. The Hall–Kier alpha value is -2.30. The Balaban J connectivity index is 1.96. The molecule has 1 aromatic carbocycles. The third-order valence-electron chi connectivity index (χ3n) is 2.88. The van der Waals surface area contributed by atoms with Crippen molar-refractivity contribution < 1.29 is 14.3 Å². The molecule has 5 heteroatoms. The van der Waals surface area contributed by atoms with Crippen molar-refractivity contribution in [2.24, 2.45) is 0 Å². The SMILES string of the molecule is COc1ccc(/C=C\C(=O)N2CCNC(=O)C2)cc1. The van der Waals surface area contributed by atoms with E-state index >= 15 is 0 Å². The first-order valence-electron chi connectivity index (χ1n) is 6.07. The third kappa shape index (κ3) is 3.58. The number of nitrogens with one attached hydrogen (secondary N) is 1. The molecule has 0 radical (unpaired) electrons. The van der Waals surface area contributed by atoms with Crippen LogP contribution in [0.5, 0.6) is 5.75 Å². The van der Waals surface area contributed by atoms with Crippen LogP contribution in [0.25, 0.3) is 6.08 Å². The maximum Gasteiger partial charge on any atom is 0.247 e. The van der Waals surface area contributed by atoms with Gasteiger partial charge in [0.2, 0.25) is 11.8 Å². The minimum atomic E-state index is -0.148. The highest BCUT2D eigenvalue weighted by atomic mass is 16.5. The van der Waals surface area contributed by atoms with Gasteiger partial charge in [0.05, 0.1) is 13.7 Å². The predicted molar refractivity (Wildman–Crippen MR) is 71.6 cm³/mol. The quantitative estimate of drug-likeness (QED) is 0.812. The van der Waals surface area contributed by atoms with E-state index in [2.05, 4.69) is 5.32 Å². The lowest BCUT2D eigenvalue weighted by Crippen LogP contribution is -2.49. The molecule has 0 aromatic heterocycles. The topological polar surface area (TPSA) is 58.6 Å². The number of ether oxygens (including phenoxy) is 1. The second-order valence-corrected chi connectivity index (χ2v) is 4.22. The van der Waals surface area contributed by atoms with Gasteiger partial charge in [-0.1, -0.05) is 12.1 Å². The average molecular weight is 260 g/mol. The minimum Gasteiger partial charge on any atom is -0.497 e. The van der Waals surface area contributed by atoms with Crippen LogP contribution in [0.15, 0.2) is 30.3 Å². The van der Waals surface area contributed by atoms with Crippen LogP contribution >= 0.6 is 0 Å². The summed E-state index contributed by atoms with van der Waals surface area (Å²) >= 11 is 0. The van der Waals surface area contributed by atoms with Crippen LogP contribution in [0, 0.1) is 0 Å². The van der Waals surface area contributed by atoms with Crippen molar-refractivity contribution in [3.8, 4) is 5.75 Å². The van der Waals surface area contributed by atoms with Crippen LogP contribution in [-0.2, 0) is 9.59 Å². The van der Waals surface area contributed by atoms with E-state index in [-0.39, 0.29) is 18.4 Å². The van der Waals surface area contributed by atoms with E-state index in [0.717, 1.165) is 11.3 Å². The first kappa shape index (κ1) is 13.1. The molecule has 1 saturated heterocycles. The third-order valence-corrected chi connectivity index (χ3v) is 2.88. The molecule has 19 heavy (non-hydrogen) atoms. The van der Waals surface area contributed by atoms with Crippen molar-refractivity contribution >= 4 is 17.9 Å². The number of piperazine rings is 1. The van der Waals surface area contributed by atoms with Gasteiger partial charge in [-0.3, -0.25) is 9.59 Å². The zero-order valence-corrected chi connectivity index (χ0v) is 10.8. The maximum atomic E-state index is 11.9. The number of nitrogens with zero attached hydrogens (tertiary/aromatic N) is 1. The van der Waals surface area contributed by atoms with Crippen LogP contribution < -0.4 is 10.1 Å². The molecule has 2 amide bonds. The molecule has 100 valence electrons. The second-order valence-electron chi connectivity index (χ2n) is 4.22. The Labute approximate surface area is 111 Å². The molecular weight excluding hydrogens is 244 g/mol. The summed E-state index contributed by atoms with van der Waals surface area (Å²) in [6.07, 6.45) is 3.22. The lowest BCUT2D eigenvalue weighted by molar-refractivity contribution is -0.134. The van der Waals surface area contributed by atoms with Gasteiger partial charge in [-0.05, 0) is 23.8 Å². The molecule has 1 aliphatic rings. The van der Waals surface area contributed by atoms with Crippen molar-refractivity contribution in [2.75, 3.05) is 26.7 Å². The van der Waals surface area contributed by atoms with Gasteiger partial charge < -0.3 is 15.0 Å². The summed E-state index contributed by atoms with van der Waals surface area (Å²) in [5, 5.41) is 2.68. The average Bonchev–Trinajstić information content (AvgIpc) is 2.45. The van der Waals surface area contributed by atoms with Crippen molar-refractivity contribution in [2.45, 2.75) is 0 Å². The molecule has 2 rings (SSSR count). The fraction of sp³-hybridized carbons (Fsp3) is 0.286. The summed E-state index contributed by atoms with van der Waals surface area (Å²) in [5.41, 5.74) is 0.913. The molecule has 0 atom stereocenters. The van der Waals surface area contributed by atoms with E-state index in [9.17, 15) is 9.59 Å². The Morgan fingerprint density at radius 3 is 2.74 bits per heavy atom. The largest absolute Gasteiger partial charge is 0.497 e. The van der Waals surface area contributed by atoms with E-state index in [1.54, 1.807) is 13.2 Å². The highest BCUT2D eigenvalue weighted by molar-refractivity contribution is 5.94. The van der Waals surface area contributed by atoms with Crippen molar-refractivity contribution in [3.63, 3.8) is 0 Å². The highest BCUT2D eigenvalue weighted by Gasteiger charge is 2.18. The Kier molecular flexibility index (Phi) is 4.18. The molecule has 0 saturated carbocycles. The number of methoxy groups -OCH3 is 1. The lowest BCUT2D eigenvalue weighted by atomic mass is 10.2. The number of hydrogen-bond donors (Lipinski definition) is 1. The molecule has 1 aliphatic heterocycles. The molecule has 1 aromatic rings. The normalized spacial score (nSPS) is 15.4. The predicted octanol–water partition coefficient (Wildman–Crippen LogP) is 0.667. The summed E-state index contributed by atoms with van der Waals surface area (Å²) < 4.78 is 5.06. The minimum absolute atomic E-state index is 0.113. The molecule has 5 nitrogen and oxygen atoms in total. The summed E-state index contributed by atoms with van der Waals surface area (Å²) in [5.74, 6) is 0.513. The number of carbonyl (C=O) groups is 2. The van der Waals surface area contributed by atoms with Gasteiger partial charge in [0.25, 0.3) is 0 Å². The molecule has 1 heterocycles. The Morgan fingerprint density at radius 2 is 2.11 bits per heavy atom. The molecule has 0 aliphatic carbocycles. The second kappa shape index (κ2) is 6.04. The summed E-state index contributed by atoms with van der Waals surface area (Å²) in [7, 11) is 1.61. The van der Waals surface area contributed by atoms with Crippen LogP contribution in [-0.4, -0.2) is 43.5 Å². The Bertz CT molecular complexity index is 494. The van der Waals surface area contributed by atoms with E-state index in [4.69, 9.17) is 4.74 Å². The maximum absolute atomic E-state index is 11.9. The molecule has 1 N–H and O–H groups in total. The summed E-state index contributed by atoms with van der Waals surface area (Å²) in [6.45, 7) is 1.20. The molecule has 0 unspecified atom stereocenters. The standard InChI is InChI=1S/C14H16N2O3/c1-19-12-5-2-11(3-6-12)4-7-14(18)16-9-8-15-13(17)10-16/h2-7H,8-10H2,1H3,(H,15,17)/b7-4-. The number of carbonyl (C=O) groups excluding carboxylic acids is 2. The fourth-order valence-electron chi connectivity index (χ4n) is 1.81. The van der Waals surface area contributed by atoms with Gasteiger partial charge in [0.1, 0.15) is 5.75 Å². The van der Waals surface area contributed by atoms with Gasteiger partial charge >= 0.3 is 0 Å². The monoisotopic (exact) mass is 260 g/mol. The van der Waals surface area contributed by atoms with Crippen molar-refractivity contribution in [1.29, 1.82) is 0 Å². The van der Waals surface area contributed by atoms with Gasteiger partial charge in [-0.25, -0.2) is 0 Å². The van der Waals surface area contributed by atoms with Crippen molar-refractivity contribution in [3.05, 3.63) is 35.9 Å². The highest BCUT2D eigenvalue weighted by Crippen LogP contribution is 2.12. The van der Waals surface area contributed by atoms with Gasteiger partial charge in [0, 0.05) is 19.2 Å². The fourth-order valence-corrected chi connectivity index (χ4v) is 1.81. The van der Waals surface area contributed by atoms with E-state index in [1.165, 1.54) is 11.0 Å². The molecule has 0 bridgehead atoms. The van der Waals surface area contributed by atoms with Gasteiger partial charge in [-0.2, -0.15) is 0 Å². The number of amides is 2. The first-order valence-corrected chi connectivity index (χ1v) is 6.07. The van der Waals surface area contributed by atoms with E-state index in [0.29, 0.717) is 13.1 Å². The van der Waals surface area contributed by atoms with Crippen LogP contribution in [0.3, 0.4) is 0 Å². The van der Waals surface area contributed by atoms with Gasteiger partial charge in [-0.15, -0.1) is 0 Å². The van der Waals surface area contributed by atoms with Crippen LogP contribution in [0.4, 0.5) is 0 Å². The summed E-state index contributed by atoms with van der Waals surface area (Å²) in [6, 6.07) is 7.40. The van der Waals surface area contributed by atoms with E-state index in [1.807, 2.05) is 24.3 Å². The molecule has 0 spiro atoms. The zero-order valence-electron chi connectivity index (χ0n) is 10.8. The number of rotatable bonds is 3. The lowest BCUT2D eigenvalue weighted by Gasteiger charge is -2.25. The van der Waals surface area contributed by atoms with Crippen LogP contribution in [0.2, 0.25) is 0 Å². The number of benzene rings is 1. The summed E-state index contributed by atoms with van der Waals surface area (Å²) in [4.78, 5) is 24.6. The smallest absolute Gasteiger partial charge is 0.247 e. The molecule has 1 fully saturated rings. The first-order chi connectivity index (χ1) is 9.19. The number of hydrogen-bond acceptors (Lipinski definition) is 3. The van der Waals surface area contributed by atoms with Crippen molar-refractivity contribution in [1.82, 2.24) is 10.2 Å². The van der Waals surface area contributed by atoms with Gasteiger partial charge in [0.15, 0.2) is 0 Å².